The number of thiophene rings is 1. The third-order valence-electron chi connectivity index (χ3n) is 3.63. The maximum absolute atomic E-state index is 12.4. The van der Waals surface area contributed by atoms with E-state index in [4.69, 9.17) is 0 Å². The summed E-state index contributed by atoms with van der Waals surface area (Å²) in [6, 6.07) is 0. The third kappa shape index (κ3) is 2.31. The molecule has 0 spiro atoms. The molecule has 0 saturated carbocycles. The molecule has 3 rings (SSSR count). The van der Waals surface area contributed by atoms with Crippen molar-refractivity contribution in [2.75, 3.05) is 13.1 Å². The quantitative estimate of drug-likeness (QED) is 0.927. The SMILES string of the molecule is CC(C)Cn1c(=O)[nH]c(=O)c2c(C(=O)N3CCC3)csc21. The molecule has 3 heterocycles. The highest BCUT2D eigenvalue weighted by atomic mass is 32.1. The van der Waals surface area contributed by atoms with Crippen LogP contribution in [0.4, 0.5) is 0 Å². The predicted octanol–water partition coefficient (Wildman–Crippen LogP) is 1.25. The molecule has 1 aliphatic rings. The van der Waals surface area contributed by atoms with Gasteiger partial charge in [-0.3, -0.25) is 19.1 Å². The number of carbonyl (C=O) groups excluding carboxylic acids is 1. The summed E-state index contributed by atoms with van der Waals surface area (Å²) in [5.74, 6) is 0.154. The van der Waals surface area contributed by atoms with Crippen molar-refractivity contribution >= 4 is 27.5 Å². The number of aromatic nitrogens is 2. The molecule has 0 aliphatic carbocycles. The van der Waals surface area contributed by atoms with Crippen molar-refractivity contribution in [3.63, 3.8) is 0 Å². The average molecular weight is 307 g/mol. The Morgan fingerprint density at radius 2 is 2.10 bits per heavy atom. The molecule has 2 aromatic rings. The van der Waals surface area contributed by atoms with Gasteiger partial charge in [0.15, 0.2) is 0 Å². The number of amides is 1. The normalized spacial score (nSPS) is 14.7. The zero-order chi connectivity index (χ0) is 15.1. The van der Waals surface area contributed by atoms with Crippen molar-refractivity contribution in [2.24, 2.45) is 5.92 Å². The van der Waals surface area contributed by atoms with Crippen molar-refractivity contribution in [1.82, 2.24) is 14.5 Å². The summed E-state index contributed by atoms with van der Waals surface area (Å²) in [7, 11) is 0. The first kappa shape index (κ1) is 14.1. The molecule has 6 nitrogen and oxygen atoms in total. The van der Waals surface area contributed by atoms with Crippen LogP contribution < -0.4 is 11.2 Å². The van der Waals surface area contributed by atoms with E-state index in [-0.39, 0.29) is 11.8 Å². The largest absolute Gasteiger partial charge is 0.338 e. The molecule has 0 radical (unpaired) electrons. The van der Waals surface area contributed by atoms with E-state index in [0.29, 0.717) is 22.3 Å². The Morgan fingerprint density at radius 1 is 1.38 bits per heavy atom. The van der Waals surface area contributed by atoms with Crippen LogP contribution in [0.15, 0.2) is 15.0 Å². The highest BCUT2D eigenvalue weighted by Crippen LogP contribution is 2.25. The highest BCUT2D eigenvalue weighted by Gasteiger charge is 2.26. The summed E-state index contributed by atoms with van der Waals surface area (Å²) in [4.78, 5) is 41.1. The Kier molecular flexibility index (Phi) is 3.44. The van der Waals surface area contributed by atoms with Crippen LogP contribution in [0, 0.1) is 5.92 Å². The molecule has 0 bridgehead atoms. The Hall–Kier alpha value is -1.89. The standard InChI is InChI=1S/C14H17N3O3S/c1-8(2)6-17-13-10(11(18)15-14(17)20)9(7-21-13)12(19)16-4-3-5-16/h7-8H,3-6H2,1-2H3,(H,15,18,20). The summed E-state index contributed by atoms with van der Waals surface area (Å²) >= 11 is 1.29. The van der Waals surface area contributed by atoms with Gasteiger partial charge in [0, 0.05) is 25.0 Å². The van der Waals surface area contributed by atoms with Crippen LogP contribution in [0.5, 0.6) is 0 Å². The first-order valence-electron chi connectivity index (χ1n) is 7.02. The zero-order valence-electron chi connectivity index (χ0n) is 12.0. The van der Waals surface area contributed by atoms with E-state index in [2.05, 4.69) is 4.98 Å². The van der Waals surface area contributed by atoms with E-state index in [1.807, 2.05) is 13.8 Å². The molecule has 1 N–H and O–H groups in total. The van der Waals surface area contributed by atoms with Crippen LogP contribution in [0.3, 0.4) is 0 Å². The fourth-order valence-corrected chi connectivity index (χ4v) is 3.52. The van der Waals surface area contributed by atoms with Gasteiger partial charge >= 0.3 is 5.69 Å². The number of rotatable bonds is 3. The average Bonchev–Trinajstić information content (AvgIpc) is 2.76. The lowest BCUT2D eigenvalue weighted by molar-refractivity contribution is 0.0654. The number of hydrogen-bond donors (Lipinski definition) is 1. The molecule has 21 heavy (non-hydrogen) atoms. The number of H-pyrrole nitrogens is 1. The molecular formula is C14H17N3O3S. The number of nitrogens with one attached hydrogen (secondary N) is 1. The van der Waals surface area contributed by atoms with E-state index < -0.39 is 11.2 Å². The van der Waals surface area contributed by atoms with Crippen LogP contribution in [0.2, 0.25) is 0 Å². The molecule has 1 amide bonds. The van der Waals surface area contributed by atoms with Crippen LogP contribution in [-0.4, -0.2) is 33.4 Å². The number of carbonyl (C=O) groups is 1. The molecule has 0 aromatic carbocycles. The molecule has 112 valence electrons. The second-order valence-corrected chi connectivity index (χ2v) is 6.60. The van der Waals surface area contributed by atoms with E-state index >= 15 is 0 Å². The second kappa shape index (κ2) is 5.14. The fraction of sp³-hybridized carbons (Fsp3) is 0.500. The van der Waals surface area contributed by atoms with Crippen molar-refractivity contribution in [3.05, 3.63) is 31.8 Å². The lowest BCUT2D eigenvalue weighted by atomic mass is 10.1. The summed E-state index contributed by atoms with van der Waals surface area (Å²) in [5, 5.41) is 2.04. The minimum Gasteiger partial charge on any atom is -0.338 e. The van der Waals surface area contributed by atoms with Crippen molar-refractivity contribution < 1.29 is 4.79 Å². The molecule has 0 atom stereocenters. The molecule has 2 aromatic heterocycles. The van der Waals surface area contributed by atoms with Crippen molar-refractivity contribution in [3.8, 4) is 0 Å². The number of fused-ring (bicyclic) bond motifs is 1. The van der Waals surface area contributed by atoms with E-state index in [9.17, 15) is 14.4 Å². The summed E-state index contributed by atoms with van der Waals surface area (Å²) in [6.45, 7) is 6.00. The Balaban J connectivity index is 2.19. The molecule has 1 saturated heterocycles. The fourth-order valence-electron chi connectivity index (χ4n) is 2.46. The monoisotopic (exact) mass is 307 g/mol. The van der Waals surface area contributed by atoms with E-state index in [1.54, 1.807) is 14.8 Å². The maximum Gasteiger partial charge on any atom is 0.329 e. The van der Waals surface area contributed by atoms with Crippen LogP contribution >= 0.6 is 11.3 Å². The van der Waals surface area contributed by atoms with Crippen LogP contribution in [0.25, 0.3) is 10.2 Å². The summed E-state index contributed by atoms with van der Waals surface area (Å²) < 4.78 is 1.55. The smallest absolute Gasteiger partial charge is 0.329 e. The van der Waals surface area contributed by atoms with Gasteiger partial charge in [0.05, 0.1) is 10.9 Å². The molecule has 0 unspecified atom stereocenters. The van der Waals surface area contributed by atoms with Crippen LogP contribution in [0.1, 0.15) is 30.6 Å². The maximum atomic E-state index is 12.4. The van der Waals surface area contributed by atoms with Gasteiger partial charge in [-0.05, 0) is 12.3 Å². The minimum atomic E-state index is -0.472. The molecule has 1 aliphatic heterocycles. The number of likely N-dealkylation sites (tertiary alicyclic amines) is 1. The molecular weight excluding hydrogens is 290 g/mol. The van der Waals surface area contributed by atoms with E-state index in [0.717, 1.165) is 19.5 Å². The first-order chi connectivity index (χ1) is 9.99. The predicted molar refractivity (Wildman–Crippen MR) is 82.1 cm³/mol. The van der Waals surface area contributed by atoms with Crippen molar-refractivity contribution in [1.29, 1.82) is 0 Å². The Morgan fingerprint density at radius 3 is 2.67 bits per heavy atom. The Labute approximate surface area is 125 Å². The molecule has 7 heteroatoms. The third-order valence-corrected chi connectivity index (χ3v) is 4.63. The summed E-state index contributed by atoms with van der Waals surface area (Å²) in [6.07, 6.45) is 1.00. The number of hydrogen-bond acceptors (Lipinski definition) is 4. The van der Waals surface area contributed by atoms with Gasteiger partial charge in [0.25, 0.3) is 11.5 Å². The topological polar surface area (TPSA) is 75.2 Å². The number of nitrogens with zero attached hydrogens (tertiary/aromatic N) is 2. The van der Waals surface area contributed by atoms with Gasteiger partial charge in [-0.25, -0.2) is 4.79 Å². The second-order valence-electron chi connectivity index (χ2n) is 5.74. The van der Waals surface area contributed by atoms with Gasteiger partial charge in [-0.15, -0.1) is 11.3 Å². The Bertz CT molecular complexity index is 811. The molecule has 1 fully saturated rings. The van der Waals surface area contributed by atoms with Gasteiger partial charge in [-0.2, -0.15) is 0 Å². The minimum absolute atomic E-state index is 0.118. The van der Waals surface area contributed by atoms with E-state index in [1.165, 1.54) is 11.3 Å². The summed E-state index contributed by atoms with van der Waals surface area (Å²) in [5.41, 5.74) is -0.473. The lowest BCUT2D eigenvalue weighted by Gasteiger charge is -2.30. The van der Waals surface area contributed by atoms with Gasteiger partial charge in [0.2, 0.25) is 0 Å². The van der Waals surface area contributed by atoms with Crippen LogP contribution in [-0.2, 0) is 6.54 Å². The zero-order valence-corrected chi connectivity index (χ0v) is 12.8. The van der Waals surface area contributed by atoms with Gasteiger partial charge in [0.1, 0.15) is 4.83 Å². The van der Waals surface area contributed by atoms with Gasteiger partial charge < -0.3 is 4.90 Å². The highest BCUT2D eigenvalue weighted by molar-refractivity contribution is 7.17. The lowest BCUT2D eigenvalue weighted by Crippen LogP contribution is -2.42. The van der Waals surface area contributed by atoms with Crippen molar-refractivity contribution in [2.45, 2.75) is 26.8 Å². The van der Waals surface area contributed by atoms with Gasteiger partial charge in [-0.1, -0.05) is 13.8 Å². The number of aromatic amines is 1. The first-order valence-corrected chi connectivity index (χ1v) is 7.90.